The van der Waals surface area contributed by atoms with Crippen LogP contribution in [-0.2, 0) is 9.53 Å². The van der Waals surface area contributed by atoms with Gasteiger partial charge in [-0.1, -0.05) is 133 Å². The summed E-state index contributed by atoms with van der Waals surface area (Å²) < 4.78 is 6.70. The zero-order chi connectivity index (χ0) is 29.6. The minimum atomic E-state index is -2.91. The molecular weight excluding hydrogens is 567 g/mol. The van der Waals surface area contributed by atoms with E-state index in [1.54, 1.807) is 0 Å². The number of nitriles is 1. The van der Waals surface area contributed by atoms with E-state index < -0.39 is 24.7 Å². The van der Waals surface area contributed by atoms with Crippen molar-refractivity contribution in [3.8, 4) is 6.07 Å². The first kappa shape index (κ1) is 28.4. The normalized spacial score (nSPS) is 12.7. The molecule has 0 aliphatic rings. The number of thiazole rings is 1. The largest absolute Gasteiger partial charge is 0.466 e. The number of nitrogens with zero attached hydrogens (tertiary/aromatic N) is 2. The maximum absolute atomic E-state index is 14.6. The number of benzene rings is 5. The number of fused-ring (bicyclic) bond motifs is 1. The standard InChI is InChI=1S/C37H29N2O2PS/c1-41-37(40)35(34(27-16-6-2-7-17-27)31(26-38)36-39-32-24-14-15-25-33(32)43-36)42(28-18-8-3-9-19-28,29-20-10-4-11-21-29)30-22-12-5-13-23-30/h2-25,31,34H,1H3. The third kappa shape index (κ3) is 5.21. The Balaban J connectivity index is 1.84. The fourth-order valence-electron chi connectivity index (χ4n) is 5.86. The second-order valence-corrected chi connectivity index (χ2v) is 14.5. The molecule has 0 bridgehead atoms. The van der Waals surface area contributed by atoms with Gasteiger partial charge in [0.1, 0.15) is 10.9 Å². The number of aromatic nitrogens is 1. The van der Waals surface area contributed by atoms with E-state index in [2.05, 4.69) is 42.5 Å². The van der Waals surface area contributed by atoms with Crippen LogP contribution in [0.4, 0.5) is 0 Å². The molecule has 6 aromatic rings. The maximum Gasteiger partial charge on any atom is 0.335 e. The fraction of sp³-hybridized carbons (Fsp3) is 0.0811. The molecule has 0 aliphatic heterocycles. The fourth-order valence-corrected chi connectivity index (χ4v) is 11.6. The van der Waals surface area contributed by atoms with Crippen LogP contribution in [0.25, 0.3) is 10.2 Å². The SMILES string of the molecule is COC(=O)C(C(c1ccccc1)C(C#N)c1nc2ccccc2s1)=P(c1ccccc1)(c1ccccc1)c1ccccc1. The van der Waals surface area contributed by atoms with Crippen LogP contribution >= 0.6 is 18.2 Å². The number of para-hydroxylation sites is 1. The van der Waals surface area contributed by atoms with E-state index >= 15 is 0 Å². The molecule has 210 valence electrons. The summed E-state index contributed by atoms with van der Waals surface area (Å²) in [5, 5.41) is 15.2. The van der Waals surface area contributed by atoms with Gasteiger partial charge in [0.2, 0.25) is 0 Å². The van der Waals surface area contributed by atoms with Crippen LogP contribution in [0.3, 0.4) is 0 Å². The van der Waals surface area contributed by atoms with Crippen molar-refractivity contribution >= 4 is 55.6 Å². The van der Waals surface area contributed by atoms with E-state index in [9.17, 15) is 10.1 Å². The first-order valence-corrected chi connectivity index (χ1v) is 16.6. The summed E-state index contributed by atoms with van der Waals surface area (Å²) in [5.74, 6) is -1.82. The van der Waals surface area contributed by atoms with E-state index in [0.717, 1.165) is 31.7 Å². The molecule has 0 aliphatic carbocycles. The summed E-state index contributed by atoms with van der Waals surface area (Å²) in [4.78, 5) is 19.5. The molecule has 4 nitrogen and oxygen atoms in total. The summed E-state index contributed by atoms with van der Waals surface area (Å²) in [6.45, 7) is -2.91. The third-order valence-corrected chi connectivity index (χ3v) is 13.2. The van der Waals surface area contributed by atoms with Gasteiger partial charge in [0.15, 0.2) is 0 Å². The molecule has 43 heavy (non-hydrogen) atoms. The average molecular weight is 597 g/mol. The Morgan fingerprint density at radius 3 is 1.65 bits per heavy atom. The molecule has 0 fully saturated rings. The van der Waals surface area contributed by atoms with Gasteiger partial charge in [-0.15, -0.1) is 11.3 Å². The second-order valence-electron chi connectivity index (χ2n) is 10.1. The van der Waals surface area contributed by atoms with Crippen LogP contribution in [0, 0.1) is 11.3 Å². The highest BCUT2D eigenvalue weighted by Crippen LogP contribution is 2.52. The van der Waals surface area contributed by atoms with E-state index in [1.807, 2.05) is 109 Å². The number of rotatable bonds is 8. The van der Waals surface area contributed by atoms with Crippen molar-refractivity contribution in [2.75, 3.05) is 7.11 Å². The second kappa shape index (κ2) is 12.6. The summed E-state index contributed by atoms with van der Waals surface area (Å²) >= 11 is 1.50. The lowest BCUT2D eigenvalue weighted by Gasteiger charge is -2.36. The Hall–Kier alpha value is -4.75. The lowest BCUT2D eigenvalue weighted by atomic mass is 9.84. The van der Waals surface area contributed by atoms with Gasteiger partial charge in [-0.05, 0) is 40.5 Å². The van der Waals surface area contributed by atoms with Crippen LogP contribution in [0.15, 0.2) is 146 Å². The highest BCUT2D eigenvalue weighted by Gasteiger charge is 2.42. The smallest absolute Gasteiger partial charge is 0.335 e. The lowest BCUT2D eigenvalue weighted by Crippen LogP contribution is -2.38. The quantitative estimate of drug-likeness (QED) is 0.140. The Kier molecular flexibility index (Phi) is 8.34. The van der Waals surface area contributed by atoms with Crippen LogP contribution in [0.2, 0.25) is 0 Å². The van der Waals surface area contributed by atoms with Crippen molar-refractivity contribution in [3.05, 3.63) is 156 Å². The summed E-state index contributed by atoms with van der Waals surface area (Å²) in [7, 11) is 1.43. The lowest BCUT2D eigenvalue weighted by molar-refractivity contribution is -0.132. The van der Waals surface area contributed by atoms with Gasteiger partial charge in [-0.3, -0.25) is 0 Å². The molecule has 2 atom stereocenters. The number of hydrogen-bond acceptors (Lipinski definition) is 5. The Bertz CT molecular complexity index is 1810. The molecule has 5 aromatic carbocycles. The molecule has 1 aromatic heterocycles. The van der Waals surface area contributed by atoms with E-state index in [0.29, 0.717) is 10.3 Å². The average Bonchev–Trinajstić information content (AvgIpc) is 3.52. The van der Waals surface area contributed by atoms with Crippen LogP contribution in [0.1, 0.15) is 22.4 Å². The highest BCUT2D eigenvalue weighted by atomic mass is 32.1. The van der Waals surface area contributed by atoms with Crippen LogP contribution in [0.5, 0.6) is 0 Å². The van der Waals surface area contributed by atoms with Gasteiger partial charge in [-0.2, -0.15) is 5.26 Å². The zero-order valence-electron chi connectivity index (χ0n) is 23.6. The molecule has 0 saturated carbocycles. The molecule has 0 saturated heterocycles. The molecule has 6 rings (SSSR count). The molecule has 0 amide bonds. The number of carbonyl (C=O) groups is 1. The molecule has 1 heterocycles. The Morgan fingerprint density at radius 1 is 0.721 bits per heavy atom. The molecule has 0 N–H and O–H groups in total. The molecule has 6 heteroatoms. The molecule has 0 spiro atoms. The van der Waals surface area contributed by atoms with Crippen molar-refractivity contribution < 1.29 is 9.53 Å². The zero-order valence-corrected chi connectivity index (χ0v) is 25.3. The summed E-state index contributed by atoms with van der Waals surface area (Å²) in [5.41, 5.74) is 1.70. The minimum absolute atomic E-state index is 0.430. The van der Waals surface area contributed by atoms with Gasteiger partial charge in [-0.25, -0.2) is 9.78 Å². The molecular formula is C37H29N2O2PS. The van der Waals surface area contributed by atoms with Gasteiger partial charge >= 0.3 is 5.97 Å². The number of methoxy groups -OCH3 is 1. The van der Waals surface area contributed by atoms with Gasteiger partial charge < -0.3 is 4.74 Å². The predicted molar refractivity (Wildman–Crippen MR) is 179 cm³/mol. The van der Waals surface area contributed by atoms with Crippen molar-refractivity contribution in [2.45, 2.75) is 11.8 Å². The van der Waals surface area contributed by atoms with Crippen LogP contribution in [-0.4, -0.2) is 23.4 Å². The monoisotopic (exact) mass is 596 g/mol. The van der Waals surface area contributed by atoms with Crippen molar-refractivity contribution in [1.29, 1.82) is 5.26 Å². The summed E-state index contributed by atoms with van der Waals surface area (Å²) in [6, 6.07) is 51.0. The Morgan fingerprint density at radius 2 is 1.19 bits per heavy atom. The third-order valence-electron chi connectivity index (χ3n) is 7.69. The van der Waals surface area contributed by atoms with Crippen molar-refractivity contribution in [1.82, 2.24) is 4.98 Å². The van der Waals surface area contributed by atoms with E-state index in [-0.39, 0.29) is 0 Å². The topological polar surface area (TPSA) is 63.0 Å². The van der Waals surface area contributed by atoms with Crippen LogP contribution < -0.4 is 15.9 Å². The first-order valence-electron chi connectivity index (χ1n) is 14.0. The first-order chi connectivity index (χ1) is 21.2. The van der Waals surface area contributed by atoms with Crippen molar-refractivity contribution in [3.63, 3.8) is 0 Å². The number of hydrogen-bond donors (Lipinski definition) is 0. The number of ether oxygens (including phenoxy) is 1. The van der Waals surface area contributed by atoms with E-state index in [1.165, 1.54) is 18.4 Å². The summed E-state index contributed by atoms with van der Waals surface area (Å²) in [6.07, 6.45) is 0. The highest BCUT2D eigenvalue weighted by molar-refractivity contribution is 7.96. The van der Waals surface area contributed by atoms with E-state index in [4.69, 9.17) is 9.72 Å². The van der Waals surface area contributed by atoms with Gasteiger partial charge in [0.05, 0.1) is 28.7 Å². The maximum atomic E-state index is 14.6. The van der Waals surface area contributed by atoms with Gasteiger partial charge in [0.25, 0.3) is 0 Å². The molecule has 0 radical (unpaired) electrons. The van der Waals surface area contributed by atoms with Gasteiger partial charge in [0, 0.05) is 5.92 Å². The molecule has 2 unspecified atom stereocenters. The van der Waals surface area contributed by atoms with Crippen molar-refractivity contribution in [2.24, 2.45) is 0 Å². The Labute approximate surface area is 255 Å². The predicted octanol–water partition coefficient (Wildman–Crippen LogP) is 7.03. The minimum Gasteiger partial charge on any atom is -0.466 e. The number of esters is 1. The number of carbonyl (C=O) groups excluding carboxylic acids is 1.